The summed E-state index contributed by atoms with van der Waals surface area (Å²) >= 11 is 0. The number of amides is 2. The van der Waals surface area contributed by atoms with Crippen LogP contribution in [-0.4, -0.2) is 38.0 Å². The smallest absolute Gasteiger partial charge is 0.318 e. The molecule has 0 radical (unpaired) electrons. The van der Waals surface area contributed by atoms with E-state index in [1.165, 1.54) is 5.56 Å². The Balaban J connectivity index is 1.43. The second kappa shape index (κ2) is 7.29. The Bertz CT molecular complexity index is 822. The summed E-state index contributed by atoms with van der Waals surface area (Å²) < 4.78 is 15.3. The first-order valence-corrected chi connectivity index (χ1v) is 9.80. The molecule has 2 aromatic rings. The maximum Gasteiger partial charge on any atom is 0.323 e. The highest BCUT2D eigenvalue weighted by Gasteiger charge is 2.43. The third kappa shape index (κ3) is 3.55. The average Bonchev–Trinajstić information content (AvgIpc) is 3.19. The maximum absolute atomic E-state index is 13.6. The van der Waals surface area contributed by atoms with Gasteiger partial charge in [0.1, 0.15) is 5.82 Å². The van der Waals surface area contributed by atoms with Crippen molar-refractivity contribution in [2.24, 2.45) is 0 Å². The van der Waals surface area contributed by atoms with E-state index in [-0.39, 0.29) is 23.9 Å². The van der Waals surface area contributed by atoms with Crippen LogP contribution in [0.15, 0.2) is 24.4 Å². The molecular weight excluding hydrogens is 345 g/mol. The summed E-state index contributed by atoms with van der Waals surface area (Å²) in [5, 5.41) is 11.0. The zero-order chi connectivity index (χ0) is 19.0. The average molecular weight is 371 g/mol. The number of anilines is 1. The van der Waals surface area contributed by atoms with E-state index in [2.05, 4.69) is 22.6 Å². The molecule has 0 aliphatic carbocycles. The molecule has 0 saturated carbocycles. The Labute approximate surface area is 158 Å². The number of aryl methyl sites for hydroxylation is 2. The van der Waals surface area contributed by atoms with Gasteiger partial charge in [-0.1, -0.05) is 24.3 Å². The number of piperidine rings is 1. The first-order valence-electron chi connectivity index (χ1n) is 9.80. The quantitative estimate of drug-likeness (QED) is 0.881. The lowest BCUT2D eigenvalue weighted by Gasteiger charge is -2.39. The number of carbonyl (C=O) groups excluding carboxylic acids is 1. The minimum Gasteiger partial charge on any atom is -0.318 e. The molecule has 2 bridgehead atoms. The van der Waals surface area contributed by atoms with Crippen LogP contribution in [0.25, 0.3) is 0 Å². The molecule has 2 fully saturated rings. The van der Waals surface area contributed by atoms with Gasteiger partial charge < -0.3 is 4.90 Å². The molecule has 2 amide bonds. The zero-order valence-corrected chi connectivity index (χ0v) is 15.9. The molecule has 2 aliphatic heterocycles. The van der Waals surface area contributed by atoms with Gasteiger partial charge in [-0.05, 0) is 62.1 Å². The molecule has 7 heteroatoms. The van der Waals surface area contributed by atoms with Crippen molar-refractivity contribution in [1.29, 1.82) is 0 Å². The number of nitrogens with one attached hydrogen (secondary N) is 1. The van der Waals surface area contributed by atoms with Crippen molar-refractivity contribution in [3.05, 3.63) is 41.3 Å². The fourth-order valence-corrected chi connectivity index (χ4v) is 4.57. The summed E-state index contributed by atoms with van der Waals surface area (Å²) in [4.78, 5) is 14.8. The SMILES string of the molecule is CCCn1cc(NC(=O)N2[C@@H]3CC[C@H]2CC(c2ccc(F)c(C)c2)C3)nn1. The molecule has 1 aromatic carbocycles. The van der Waals surface area contributed by atoms with E-state index in [0.29, 0.717) is 17.3 Å². The summed E-state index contributed by atoms with van der Waals surface area (Å²) in [7, 11) is 0. The summed E-state index contributed by atoms with van der Waals surface area (Å²) in [6, 6.07) is 5.79. The van der Waals surface area contributed by atoms with E-state index in [4.69, 9.17) is 0 Å². The van der Waals surface area contributed by atoms with E-state index in [9.17, 15) is 9.18 Å². The number of fused-ring (bicyclic) bond motifs is 2. The first-order chi connectivity index (χ1) is 13.0. The fourth-order valence-electron chi connectivity index (χ4n) is 4.57. The highest BCUT2D eigenvalue weighted by atomic mass is 19.1. The van der Waals surface area contributed by atoms with Crippen molar-refractivity contribution in [1.82, 2.24) is 19.9 Å². The van der Waals surface area contributed by atoms with E-state index in [1.807, 2.05) is 24.0 Å². The van der Waals surface area contributed by atoms with Gasteiger partial charge >= 0.3 is 6.03 Å². The van der Waals surface area contributed by atoms with Crippen LogP contribution >= 0.6 is 0 Å². The van der Waals surface area contributed by atoms with Gasteiger partial charge in [0.15, 0.2) is 5.82 Å². The third-order valence-electron chi connectivity index (χ3n) is 5.85. The van der Waals surface area contributed by atoms with Crippen LogP contribution in [0.5, 0.6) is 0 Å². The van der Waals surface area contributed by atoms with Gasteiger partial charge in [-0.15, -0.1) is 5.10 Å². The molecule has 1 unspecified atom stereocenters. The number of halogens is 1. The van der Waals surface area contributed by atoms with Crippen molar-refractivity contribution >= 4 is 11.8 Å². The number of benzene rings is 1. The number of hydrogen-bond donors (Lipinski definition) is 1. The van der Waals surface area contributed by atoms with Crippen molar-refractivity contribution < 1.29 is 9.18 Å². The van der Waals surface area contributed by atoms with Crippen LogP contribution in [0.4, 0.5) is 15.0 Å². The van der Waals surface area contributed by atoms with Gasteiger partial charge in [0.25, 0.3) is 0 Å². The van der Waals surface area contributed by atoms with Crippen molar-refractivity contribution in [3.63, 3.8) is 0 Å². The van der Waals surface area contributed by atoms with Crippen LogP contribution in [0.2, 0.25) is 0 Å². The third-order valence-corrected chi connectivity index (χ3v) is 5.85. The van der Waals surface area contributed by atoms with E-state index in [1.54, 1.807) is 16.9 Å². The molecule has 1 aromatic heterocycles. The van der Waals surface area contributed by atoms with Gasteiger partial charge in [-0.3, -0.25) is 10.00 Å². The fraction of sp³-hybridized carbons (Fsp3) is 0.550. The summed E-state index contributed by atoms with van der Waals surface area (Å²) in [5.41, 5.74) is 1.88. The molecule has 2 aliphatic rings. The molecule has 6 nitrogen and oxygen atoms in total. The second-order valence-electron chi connectivity index (χ2n) is 7.77. The highest BCUT2D eigenvalue weighted by Crippen LogP contribution is 2.43. The normalized spacial score (nSPS) is 24.3. The van der Waals surface area contributed by atoms with Crippen molar-refractivity contribution in [3.8, 4) is 0 Å². The van der Waals surface area contributed by atoms with Crippen LogP contribution < -0.4 is 5.32 Å². The molecule has 144 valence electrons. The van der Waals surface area contributed by atoms with Gasteiger partial charge in [0.05, 0.1) is 6.20 Å². The number of hydrogen-bond acceptors (Lipinski definition) is 3. The van der Waals surface area contributed by atoms with E-state index < -0.39 is 0 Å². The van der Waals surface area contributed by atoms with Crippen LogP contribution in [0, 0.1) is 12.7 Å². The summed E-state index contributed by atoms with van der Waals surface area (Å²) in [6.07, 6.45) is 6.65. The molecule has 0 spiro atoms. The Morgan fingerprint density at radius 2 is 2.04 bits per heavy atom. The molecule has 27 heavy (non-hydrogen) atoms. The van der Waals surface area contributed by atoms with Crippen molar-refractivity contribution in [2.75, 3.05) is 5.32 Å². The van der Waals surface area contributed by atoms with Crippen LogP contribution in [0.3, 0.4) is 0 Å². The second-order valence-corrected chi connectivity index (χ2v) is 7.77. The molecular formula is C20H26FN5O. The summed E-state index contributed by atoms with van der Waals surface area (Å²) in [5.74, 6) is 0.732. The van der Waals surface area contributed by atoms with Crippen molar-refractivity contribution in [2.45, 2.75) is 70.5 Å². The lowest BCUT2D eigenvalue weighted by molar-refractivity contribution is 0.149. The monoisotopic (exact) mass is 371 g/mol. The minimum atomic E-state index is -0.158. The lowest BCUT2D eigenvalue weighted by Crippen LogP contribution is -2.48. The molecule has 4 rings (SSSR count). The minimum absolute atomic E-state index is 0.0835. The predicted molar refractivity (Wildman–Crippen MR) is 101 cm³/mol. The Morgan fingerprint density at radius 1 is 1.30 bits per heavy atom. The maximum atomic E-state index is 13.6. The zero-order valence-electron chi connectivity index (χ0n) is 15.9. The number of urea groups is 1. The Morgan fingerprint density at radius 3 is 2.70 bits per heavy atom. The van der Waals surface area contributed by atoms with Crippen LogP contribution in [0.1, 0.15) is 56.1 Å². The molecule has 3 atom stereocenters. The number of carbonyl (C=O) groups is 1. The van der Waals surface area contributed by atoms with E-state index in [0.717, 1.165) is 38.6 Å². The van der Waals surface area contributed by atoms with Gasteiger partial charge in [-0.2, -0.15) is 0 Å². The standard InChI is InChI=1S/C20H26FN5O/c1-3-8-25-12-19(23-24-25)22-20(27)26-16-5-6-17(26)11-15(10-16)14-4-7-18(21)13(2)9-14/h4,7,9,12,15-17H,3,5-6,8,10-11H2,1-2H3,(H,22,27)/t15?,16-,17+. The lowest BCUT2D eigenvalue weighted by atomic mass is 9.84. The van der Waals surface area contributed by atoms with Gasteiger partial charge in [-0.25, -0.2) is 9.18 Å². The predicted octanol–water partition coefficient (Wildman–Crippen LogP) is 4.08. The van der Waals surface area contributed by atoms with E-state index >= 15 is 0 Å². The number of aromatic nitrogens is 3. The topological polar surface area (TPSA) is 63.1 Å². The Hall–Kier alpha value is -2.44. The highest BCUT2D eigenvalue weighted by molar-refractivity contribution is 5.89. The molecule has 3 heterocycles. The largest absolute Gasteiger partial charge is 0.323 e. The summed E-state index contributed by atoms with van der Waals surface area (Å²) in [6.45, 7) is 4.67. The molecule has 1 N–H and O–H groups in total. The molecule has 2 saturated heterocycles. The van der Waals surface area contributed by atoms with Crippen LogP contribution in [-0.2, 0) is 6.54 Å². The Kier molecular flexibility index (Phi) is 4.85. The number of nitrogens with zero attached hydrogens (tertiary/aromatic N) is 4. The first kappa shape index (κ1) is 17.9. The number of rotatable bonds is 4. The van der Waals surface area contributed by atoms with Gasteiger partial charge in [0.2, 0.25) is 0 Å². The van der Waals surface area contributed by atoms with Gasteiger partial charge in [0, 0.05) is 18.6 Å².